The van der Waals surface area contributed by atoms with Crippen LogP contribution in [0.25, 0.3) is 0 Å². The molecule has 0 unspecified atom stereocenters. The SMILES string of the molecule is COc1ccc(CNCc2cc(NC(=O)c3ccccn3)cc(C(=O)N3CCCC3)c2)cc1C. The van der Waals surface area contributed by atoms with Gasteiger partial charge in [0.15, 0.2) is 0 Å². The average Bonchev–Trinajstić information content (AvgIpc) is 3.39. The summed E-state index contributed by atoms with van der Waals surface area (Å²) < 4.78 is 5.33. The summed E-state index contributed by atoms with van der Waals surface area (Å²) in [6, 6.07) is 16.8. The number of ether oxygens (including phenoxy) is 1. The molecule has 2 N–H and O–H groups in total. The zero-order valence-corrected chi connectivity index (χ0v) is 19.6. The number of likely N-dealkylation sites (tertiary alicyclic amines) is 1. The van der Waals surface area contributed by atoms with E-state index < -0.39 is 0 Å². The lowest BCUT2D eigenvalue weighted by molar-refractivity contribution is 0.0792. The number of aromatic nitrogens is 1. The lowest BCUT2D eigenvalue weighted by Crippen LogP contribution is -2.28. The minimum Gasteiger partial charge on any atom is -0.496 e. The van der Waals surface area contributed by atoms with Crippen LogP contribution >= 0.6 is 0 Å². The van der Waals surface area contributed by atoms with E-state index in [4.69, 9.17) is 4.74 Å². The van der Waals surface area contributed by atoms with E-state index >= 15 is 0 Å². The van der Waals surface area contributed by atoms with E-state index in [-0.39, 0.29) is 11.8 Å². The number of carbonyl (C=O) groups is 2. The van der Waals surface area contributed by atoms with Gasteiger partial charge in [-0.05, 0) is 72.9 Å². The first-order chi connectivity index (χ1) is 16.5. The van der Waals surface area contributed by atoms with Gasteiger partial charge in [0.2, 0.25) is 0 Å². The highest BCUT2D eigenvalue weighted by Gasteiger charge is 2.21. The molecule has 34 heavy (non-hydrogen) atoms. The molecule has 0 aliphatic carbocycles. The third-order valence-electron chi connectivity index (χ3n) is 5.91. The van der Waals surface area contributed by atoms with Crippen LogP contribution in [0, 0.1) is 6.92 Å². The number of amides is 2. The second-order valence-corrected chi connectivity index (χ2v) is 8.49. The molecule has 7 nitrogen and oxygen atoms in total. The van der Waals surface area contributed by atoms with E-state index in [1.807, 2.05) is 36.1 Å². The van der Waals surface area contributed by atoms with Crippen LogP contribution in [-0.4, -0.2) is 41.9 Å². The molecule has 2 heterocycles. The second kappa shape index (κ2) is 10.9. The predicted molar refractivity (Wildman–Crippen MR) is 132 cm³/mol. The molecule has 3 aromatic rings. The van der Waals surface area contributed by atoms with Crippen LogP contribution < -0.4 is 15.4 Å². The van der Waals surface area contributed by atoms with Crippen LogP contribution in [0.2, 0.25) is 0 Å². The molecule has 1 aromatic heterocycles. The molecule has 1 aliphatic heterocycles. The molecule has 0 radical (unpaired) electrons. The summed E-state index contributed by atoms with van der Waals surface area (Å²) in [5, 5.41) is 6.34. The lowest BCUT2D eigenvalue weighted by Gasteiger charge is -2.17. The van der Waals surface area contributed by atoms with Crippen LogP contribution in [0.4, 0.5) is 5.69 Å². The molecule has 1 saturated heterocycles. The molecule has 2 amide bonds. The molecule has 0 atom stereocenters. The maximum absolute atomic E-state index is 13.1. The Morgan fingerprint density at radius 3 is 2.50 bits per heavy atom. The molecule has 0 saturated carbocycles. The largest absolute Gasteiger partial charge is 0.496 e. The predicted octanol–water partition coefficient (Wildman–Crippen LogP) is 4.18. The van der Waals surface area contributed by atoms with Crippen LogP contribution in [0.3, 0.4) is 0 Å². The highest BCUT2D eigenvalue weighted by atomic mass is 16.5. The third-order valence-corrected chi connectivity index (χ3v) is 5.91. The van der Waals surface area contributed by atoms with Crippen molar-refractivity contribution in [3.05, 3.63) is 88.7 Å². The van der Waals surface area contributed by atoms with Crippen molar-refractivity contribution in [2.45, 2.75) is 32.9 Å². The number of hydrogen-bond donors (Lipinski definition) is 2. The fourth-order valence-electron chi connectivity index (χ4n) is 4.19. The highest BCUT2D eigenvalue weighted by molar-refractivity contribution is 6.04. The number of nitrogens with one attached hydrogen (secondary N) is 2. The Balaban J connectivity index is 1.50. The number of hydrogen-bond acceptors (Lipinski definition) is 5. The molecule has 2 aromatic carbocycles. The fraction of sp³-hybridized carbons (Fsp3) is 0.296. The van der Waals surface area contributed by atoms with E-state index in [1.54, 1.807) is 37.6 Å². The van der Waals surface area contributed by atoms with Gasteiger partial charge in [-0.2, -0.15) is 0 Å². The van der Waals surface area contributed by atoms with Crippen LogP contribution in [0.5, 0.6) is 5.75 Å². The van der Waals surface area contributed by atoms with Gasteiger partial charge in [0.05, 0.1) is 7.11 Å². The van der Waals surface area contributed by atoms with Crippen LogP contribution in [-0.2, 0) is 13.1 Å². The number of carbonyl (C=O) groups excluding carboxylic acids is 2. The van der Waals surface area contributed by atoms with Gasteiger partial charge in [-0.1, -0.05) is 18.2 Å². The van der Waals surface area contributed by atoms with Gasteiger partial charge in [-0.15, -0.1) is 0 Å². The van der Waals surface area contributed by atoms with Crippen molar-refractivity contribution >= 4 is 17.5 Å². The van der Waals surface area contributed by atoms with Crippen molar-refractivity contribution in [3.8, 4) is 5.75 Å². The molecule has 0 bridgehead atoms. The minimum absolute atomic E-state index is 0.00142. The number of methoxy groups -OCH3 is 1. The van der Waals surface area contributed by atoms with Crippen molar-refractivity contribution in [1.29, 1.82) is 0 Å². The minimum atomic E-state index is -0.306. The summed E-state index contributed by atoms with van der Waals surface area (Å²) in [4.78, 5) is 31.7. The first kappa shape index (κ1) is 23.4. The maximum Gasteiger partial charge on any atom is 0.274 e. The zero-order valence-electron chi connectivity index (χ0n) is 19.6. The first-order valence-corrected chi connectivity index (χ1v) is 11.5. The Kier molecular flexibility index (Phi) is 7.54. The normalized spacial score (nSPS) is 13.1. The van der Waals surface area contributed by atoms with Crippen LogP contribution in [0.1, 0.15) is 50.4 Å². The number of benzene rings is 2. The summed E-state index contributed by atoms with van der Waals surface area (Å²) in [6.45, 7) is 4.79. The quantitative estimate of drug-likeness (QED) is 0.529. The van der Waals surface area contributed by atoms with Crippen molar-refractivity contribution < 1.29 is 14.3 Å². The topological polar surface area (TPSA) is 83.6 Å². The fourth-order valence-corrected chi connectivity index (χ4v) is 4.19. The number of nitrogens with zero attached hydrogens (tertiary/aromatic N) is 2. The molecule has 7 heteroatoms. The van der Waals surface area contributed by atoms with E-state index in [2.05, 4.69) is 21.7 Å². The standard InChI is InChI=1S/C27H30N4O3/c1-19-13-20(8-9-25(19)34-2)17-28-18-21-14-22(27(33)31-11-5-6-12-31)16-23(15-21)30-26(32)24-7-3-4-10-29-24/h3-4,7-10,13-16,28H,5-6,11-12,17-18H2,1-2H3,(H,30,32). The van der Waals surface area contributed by atoms with Gasteiger partial charge in [0.1, 0.15) is 11.4 Å². The molecule has 176 valence electrons. The summed E-state index contributed by atoms with van der Waals surface area (Å²) >= 11 is 0. The number of anilines is 1. The van der Waals surface area contributed by atoms with Gasteiger partial charge >= 0.3 is 0 Å². The van der Waals surface area contributed by atoms with Gasteiger partial charge in [-0.25, -0.2) is 0 Å². The van der Waals surface area contributed by atoms with Gasteiger partial charge < -0.3 is 20.3 Å². The number of rotatable bonds is 8. The number of pyridine rings is 1. The molecule has 0 spiro atoms. The summed E-state index contributed by atoms with van der Waals surface area (Å²) in [5.74, 6) is 0.558. The van der Waals surface area contributed by atoms with Gasteiger partial charge in [-0.3, -0.25) is 14.6 Å². The monoisotopic (exact) mass is 458 g/mol. The Labute approximate surface area is 200 Å². The smallest absolute Gasteiger partial charge is 0.274 e. The summed E-state index contributed by atoms with van der Waals surface area (Å²) in [5.41, 5.74) is 4.64. The molecule has 1 fully saturated rings. The maximum atomic E-state index is 13.1. The Hall–Kier alpha value is -3.71. The van der Waals surface area contributed by atoms with Crippen molar-refractivity contribution in [1.82, 2.24) is 15.2 Å². The third kappa shape index (κ3) is 5.80. The van der Waals surface area contributed by atoms with Crippen LogP contribution in [0.15, 0.2) is 60.8 Å². The van der Waals surface area contributed by atoms with Crippen molar-refractivity contribution in [2.24, 2.45) is 0 Å². The van der Waals surface area contributed by atoms with Crippen molar-refractivity contribution in [3.63, 3.8) is 0 Å². The Bertz CT molecular complexity index is 1160. The average molecular weight is 459 g/mol. The molecular weight excluding hydrogens is 428 g/mol. The van der Waals surface area contributed by atoms with Gasteiger partial charge in [0.25, 0.3) is 11.8 Å². The zero-order chi connectivity index (χ0) is 23.9. The second-order valence-electron chi connectivity index (χ2n) is 8.49. The highest BCUT2D eigenvalue weighted by Crippen LogP contribution is 2.21. The molecule has 1 aliphatic rings. The first-order valence-electron chi connectivity index (χ1n) is 11.5. The summed E-state index contributed by atoms with van der Waals surface area (Å²) in [6.07, 6.45) is 3.63. The Morgan fingerprint density at radius 1 is 1.00 bits per heavy atom. The Morgan fingerprint density at radius 2 is 1.79 bits per heavy atom. The van der Waals surface area contributed by atoms with E-state index in [9.17, 15) is 9.59 Å². The van der Waals surface area contributed by atoms with Gasteiger partial charge in [0, 0.05) is 43.6 Å². The molecular formula is C27H30N4O3. The van der Waals surface area contributed by atoms with E-state index in [0.717, 1.165) is 48.4 Å². The lowest BCUT2D eigenvalue weighted by atomic mass is 10.1. The molecule has 4 rings (SSSR count). The van der Waals surface area contributed by atoms with E-state index in [0.29, 0.717) is 30.0 Å². The van der Waals surface area contributed by atoms with E-state index in [1.165, 1.54) is 0 Å². The number of aryl methyl sites for hydroxylation is 1. The summed E-state index contributed by atoms with van der Waals surface area (Å²) in [7, 11) is 1.67. The van der Waals surface area contributed by atoms with Crippen molar-refractivity contribution in [2.75, 3.05) is 25.5 Å².